The van der Waals surface area contributed by atoms with E-state index in [1.807, 2.05) is 43.3 Å². The number of fused-ring (bicyclic) bond motifs is 1. The molecule has 0 amide bonds. The molecule has 0 spiro atoms. The molecule has 0 bridgehead atoms. The van der Waals surface area contributed by atoms with Crippen LogP contribution < -0.4 is 4.74 Å². The van der Waals surface area contributed by atoms with Crippen molar-refractivity contribution in [3.63, 3.8) is 0 Å². The van der Waals surface area contributed by atoms with Crippen LogP contribution in [0.4, 0.5) is 0 Å². The quantitative estimate of drug-likeness (QED) is 0.738. The van der Waals surface area contributed by atoms with Crippen LogP contribution in [0.25, 0.3) is 11.0 Å². The third kappa shape index (κ3) is 2.28. The van der Waals surface area contributed by atoms with Crippen LogP contribution in [0.3, 0.4) is 0 Å². The molecule has 4 nitrogen and oxygen atoms in total. The monoisotopic (exact) mass is 266 g/mol. The van der Waals surface area contributed by atoms with Gasteiger partial charge in [0.15, 0.2) is 5.78 Å². The Morgan fingerprint density at radius 2 is 1.95 bits per heavy atom. The van der Waals surface area contributed by atoms with E-state index < -0.39 is 0 Å². The van der Waals surface area contributed by atoms with Gasteiger partial charge >= 0.3 is 0 Å². The molecule has 0 fully saturated rings. The molecular formula is C16H14N2O2. The SMILES string of the molecule is CCOc1nc2ccc(C(=O)c3ccccc3)cc2[nH]1. The Kier molecular flexibility index (Phi) is 3.21. The number of ether oxygens (including phenoxy) is 1. The molecule has 2 aromatic carbocycles. The van der Waals surface area contributed by atoms with Crippen LogP contribution >= 0.6 is 0 Å². The number of aromatic nitrogens is 2. The van der Waals surface area contributed by atoms with E-state index >= 15 is 0 Å². The molecule has 4 heteroatoms. The smallest absolute Gasteiger partial charge is 0.294 e. The third-order valence-corrected chi connectivity index (χ3v) is 3.04. The first kappa shape index (κ1) is 12.4. The summed E-state index contributed by atoms with van der Waals surface area (Å²) in [5.74, 6) is 0.0000555. The predicted molar refractivity (Wildman–Crippen MR) is 77.1 cm³/mol. The van der Waals surface area contributed by atoms with Gasteiger partial charge in [-0.2, -0.15) is 4.98 Å². The van der Waals surface area contributed by atoms with Crippen molar-refractivity contribution in [2.75, 3.05) is 6.61 Å². The molecular weight excluding hydrogens is 252 g/mol. The number of benzene rings is 2. The zero-order valence-electron chi connectivity index (χ0n) is 11.1. The number of ketones is 1. The molecule has 0 aliphatic rings. The van der Waals surface area contributed by atoms with E-state index in [1.165, 1.54) is 0 Å². The number of imidazole rings is 1. The number of hydrogen-bond donors (Lipinski definition) is 1. The molecule has 0 saturated heterocycles. The zero-order valence-corrected chi connectivity index (χ0v) is 11.1. The van der Waals surface area contributed by atoms with Crippen molar-refractivity contribution in [3.8, 4) is 6.01 Å². The fraction of sp³-hybridized carbons (Fsp3) is 0.125. The van der Waals surface area contributed by atoms with Crippen LogP contribution in [0.15, 0.2) is 48.5 Å². The maximum absolute atomic E-state index is 12.4. The van der Waals surface area contributed by atoms with Crippen molar-refractivity contribution in [2.24, 2.45) is 0 Å². The molecule has 0 radical (unpaired) electrons. The number of aromatic amines is 1. The average Bonchev–Trinajstić information content (AvgIpc) is 2.89. The zero-order chi connectivity index (χ0) is 13.9. The Morgan fingerprint density at radius 3 is 2.70 bits per heavy atom. The fourth-order valence-electron chi connectivity index (χ4n) is 2.09. The largest absolute Gasteiger partial charge is 0.465 e. The van der Waals surface area contributed by atoms with Crippen LogP contribution in [0.5, 0.6) is 6.01 Å². The van der Waals surface area contributed by atoms with Gasteiger partial charge in [-0.25, -0.2) is 0 Å². The van der Waals surface area contributed by atoms with Gasteiger partial charge in [-0.15, -0.1) is 0 Å². The normalized spacial score (nSPS) is 10.7. The molecule has 0 unspecified atom stereocenters. The Labute approximate surface area is 116 Å². The highest BCUT2D eigenvalue weighted by Gasteiger charge is 2.11. The van der Waals surface area contributed by atoms with E-state index in [2.05, 4.69) is 9.97 Å². The summed E-state index contributed by atoms with van der Waals surface area (Å²) in [5.41, 5.74) is 2.90. The second-order valence-corrected chi connectivity index (χ2v) is 4.40. The lowest BCUT2D eigenvalue weighted by molar-refractivity contribution is 0.103. The van der Waals surface area contributed by atoms with Crippen molar-refractivity contribution in [1.82, 2.24) is 9.97 Å². The molecule has 20 heavy (non-hydrogen) atoms. The van der Waals surface area contributed by atoms with Crippen LogP contribution in [0.1, 0.15) is 22.8 Å². The van der Waals surface area contributed by atoms with Crippen molar-refractivity contribution >= 4 is 16.8 Å². The van der Waals surface area contributed by atoms with Crippen molar-refractivity contribution in [2.45, 2.75) is 6.92 Å². The molecule has 1 aromatic heterocycles. The molecule has 1 heterocycles. The van der Waals surface area contributed by atoms with Gasteiger partial charge < -0.3 is 9.72 Å². The Hall–Kier alpha value is -2.62. The summed E-state index contributed by atoms with van der Waals surface area (Å²) in [6, 6.07) is 15.1. The lowest BCUT2D eigenvalue weighted by atomic mass is 10.0. The lowest BCUT2D eigenvalue weighted by Gasteiger charge is -2.00. The maximum atomic E-state index is 12.4. The molecule has 3 rings (SSSR count). The molecule has 0 saturated carbocycles. The molecule has 3 aromatic rings. The van der Waals surface area contributed by atoms with Gasteiger partial charge in [-0.05, 0) is 25.1 Å². The summed E-state index contributed by atoms with van der Waals surface area (Å²) in [5, 5.41) is 0. The predicted octanol–water partition coefficient (Wildman–Crippen LogP) is 3.19. The van der Waals surface area contributed by atoms with E-state index in [0.29, 0.717) is 23.7 Å². The first-order valence-corrected chi connectivity index (χ1v) is 6.50. The highest BCUT2D eigenvalue weighted by Crippen LogP contribution is 2.19. The average molecular weight is 266 g/mol. The van der Waals surface area contributed by atoms with Gasteiger partial charge in [0.1, 0.15) is 0 Å². The van der Waals surface area contributed by atoms with Crippen molar-refractivity contribution in [1.29, 1.82) is 0 Å². The number of H-pyrrole nitrogens is 1. The summed E-state index contributed by atoms with van der Waals surface area (Å²) in [7, 11) is 0. The number of rotatable bonds is 4. The number of nitrogens with zero attached hydrogens (tertiary/aromatic N) is 1. The van der Waals surface area contributed by atoms with Crippen molar-refractivity contribution < 1.29 is 9.53 Å². The number of carbonyl (C=O) groups is 1. The van der Waals surface area contributed by atoms with Gasteiger partial charge in [0, 0.05) is 11.1 Å². The highest BCUT2D eigenvalue weighted by molar-refractivity contribution is 6.10. The van der Waals surface area contributed by atoms with E-state index in [1.54, 1.807) is 12.1 Å². The van der Waals surface area contributed by atoms with Crippen LogP contribution in [0, 0.1) is 0 Å². The Morgan fingerprint density at radius 1 is 1.15 bits per heavy atom. The third-order valence-electron chi connectivity index (χ3n) is 3.04. The minimum Gasteiger partial charge on any atom is -0.465 e. The summed E-state index contributed by atoms with van der Waals surface area (Å²) in [4.78, 5) is 19.7. The number of nitrogens with one attached hydrogen (secondary N) is 1. The second kappa shape index (κ2) is 5.17. The number of hydrogen-bond acceptors (Lipinski definition) is 3. The van der Waals surface area contributed by atoms with E-state index in [9.17, 15) is 4.79 Å². The maximum Gasteiger partial charge on any atom is 0.294 e. The van der Waals surface area contributed by atoms with Gasteiger partial charge in [-0.3, -0.25) is 4.79 Å². The van der Waals surface area contributed by atoms with E-state index in [4.69, 9.17) is 4.74 Å². The minimum atomic E-state index is 0.0000555. The molecule has 0 aliphatic carbocycles. The standard InChI is InChI=1S/C16H14N2O2/c1-2-20-16-17-13-9-8-12(10-14(13)18-16)15(19)11-6-4-3-5-7-11/h3-10H,2H2,1H3,(H,17,18). The molecule has 0 atom stereocenters. The van der Waals surface area contributed by atoms with E-state index in [0.717, 1.165) is 11.0 Å². The summed E-state index contributed by atoms with van der Waals surface area (Å²) < 4.78 is 5.32. The minimum absolute atomic E-state index is 0.0000555. The van der Waals surface area contributed by atoms with E-state index in [-0.39, 0.29) is 5.78 Å². The highest BCUT2D eigenvalue weighted by atomic mass is 16.5. The second-order valence-electron chi connectivity index (χ2n) is 4.40. The first-order chi connectivity index (χ1) is 9.78. The molecule has 0 aliphatic heterocycles. The molecule has 1 N–H and O–H groups in total. The van der Waals surface area contributed by atoms with Gasteiger partial charge in [0.2, 0.25) is 0 Å². The Balaban J connectivity index is 1.98. The van der Waals surface area contributed by atoms with Crippen molar-refractivity contribution in [3.05, 3.63) is 59.7 Å². The fourth-order valence-corrected chi connectivity index (χ4v) is 2.09. The summed E-state index contributed by atoms with van der Waals surface area (Å²) >= 11 is 0. The lowest BCUT2D eigenvalue weighted by Crippen LogP contribution is -2.00. The van der Waals surface area contributed by atoms with Crippen LogP contribution in [-0.4, -0.2) is 22.4 Å². The summed E-state index contributed by atoms with van der Waals surface area (Å²) in [6.07, 6.45) is 0. The summed E-state index contributed by atoms with van der Waals surface area (Å²) in [6.45, 7) is 2.45. The van der Waals surface area contributed by atoms with Crippen LogP contribution in [-0.2, 0) is 0 Å². The Bertz CT molecular complexity index is 748. The van der Waals surface area contributed by atoms with Gasteiger partial charge in [-0.1, -0.05) is 30.3 Å². The molecule has 100 valence electrons. The van der Waals surface area contributed by atoms with Gasteiger partial charge in [0.25, 0.3) is 6.01 Å². The van der Waals surface area contributed by atoms with Crippen LogP contribution in [0.2, 0.25) is 0 Å². The topological polar surface area (TPSA) is 55.0 Å². The first-order valence-electron chi connectivity index (χ1n) is 6.50. The number of carbonyl (C=O) groups excluding carboxylic acids is 1. The van der Waals surface area contributed by atoms with Gasteiger partial charge in [0.05, 0.1) is 17.6 Å².